The number of fused-ring (bicyclic) bond motifs is 1. The van der Waals surface area contributed by atoms with Crippen molar-refractivity contribution in [2.75, 3.05) is 10.8 Å². The molecule has 0 bridgehead atoms. The SMILES string of the molecule is CC(C)(OC(=O)Cc1ccc2c(c1)N(S(=O)(=O)c1ccc(F)cc1)C[C@H](CCC(=O)CC1CCCCC1)O2)C(F)(F)F. The van der Waals surface area contributed by atoms with Crippen LogP contribution in [0.25, 0.3) is 0 Å². The van der Waals surface area contributed by atoms with Gasteiger partial charge in [-0.1, -0.05) is 38.2 Å². The highest BCUT2D eigenvalue weighted by Gasteiger charge is 2.50. The molecule has 2 aromatic rings. The Hall–Kier alpha value is -3.15. The van der Waals surface area contributed by atoms with Gasteiger partial charge in [0.05, 0.1) is 23.5 Å². The molecule has 7 nitrogen and oxygen atoms in total. The largest absolute Gasteiger partial charge is 0.486 e. The standard InChI is InChI=1S/C30H35F4NO6S/c1-29(2,30(32,33)34)41-28(37)18-21-8-15-27-26(17-21)35(42(38,39)25-13-9-22(31)10-14-25)19-24(40-27)12-11-23(36)16-20-6-4-3-5-7-20/h8-10,13-15,17,20,24H,3-7,11-12,16,18-19H2,1-2H3/t24-/m0/s1. The highest BCUT2D eigenvalue weighted by atomic mass is 32.2. The van der Waals surface area contributed by atoms with Crippen LogP contribution in [0.5, 0.6) is 5.75 Å². The number of carbonyl (C=O) groups is 2. The number of ether oxygens (including phenoxy) is 2. The van der Waals surface area contributed by atoms with Gasteiger partial charge in [-0.05, 0) is 68.1 Å². The van der Waals surface area contributed by atoms with E-state index in [1.165, 1.54) is 24.6 Å². The summed E-state index contributed by atoms with van der Waals surface area (Å²) in [6, 6.07) is 8.53. The Balaban J connectivity index is 1.55. The van der Waals surface area contributed by atoms with Crippen molar-refractivity contribution >= 4 is 27.5 Å². The predicted molar refractivity (Wildman–Crippen MR) is 147 cm³/mol. The zero-order valence-electron chi connectivity index (χ0n) is 23.6. The summed E-state index contributed by atoms with van der Waals surface area (Å²) in [6.07, 6.45) is 0.506. The van der Waals surface area contributed by atoms with Crippen molar-refractivity contribution in [3.05, 3.63) is 53.8 Å². The van der Waals surface area contributed by atoms with Crippen molar-refractivity contribution in [1.82, 2.24) is 0 Å². The summed E-state index contributed by atoms with van der Waals surface area (Å²) in [5, 5.41) is 0. The molecule has 0 aromatic heterocycles. The molecule has 2 aliphatic rings. The van der Waals surface area contributed by atoms with Gasteiger partial charge in [0.1, 0.15) is 23.5 Å². The first-order valence-electron chi connectivity index (χ1n) is 14.0. The molecule has 1 atom stereocenters. The van der Waals surface area contributed by atoms with E-state index in [9.17, 15) is 35.6 Å². The van der Waals surface area contributed by atoms with Crippen molar-refractivity contribution < 1.29 is 45.0 Å². The van der Waals surface area contributed by atoms with Crippen LogP contribution < -0.4 is 9.04 Å². The van der Waals surface area contributed by atoms with Crippen molar-refractivity contribution in [2.45, 2.75) is 94.4 Å². The van der Waals surface area contributed by atoms with Gasteiger partial charge < -0.3 is 9.47 Å². The molecule has 12 heteroatoms. The molecule has 1 aliphatic heterocycles. The molecular weight excluding hydrogens is 578 g/mol. The number of hydrogen-bond acceptors (Lipinski definition) is 6. The number of esters is 1. The first kappa shape index (κ1) is 31.8. The smallest absolute Gasteiger partial charge is 0.427 e. The molecule has 42 heavy (non-hydrogen) atoms. The number of hydrogen-bond donors (Lipinski definition) is 0. The molecule has 0 unspecified atom stereocenters. The second-order valence-corrected chi connectivity index (χ2v) is 13.3. The second kappa shape index (κ2) is 12.6. The highest BCUT2D eigenvalue weighted by Crippen LogP contribution is 2.39. The molecule has 4 rings (SSSR count). The van der Waals surface area contributed by atoms with Gasteiger partial charge in [0, 0.05) is 12.8 Å². The van der Waals surface area contributed by atoms with E-state index in [4.69, 9.17) is 4.74 Å². The molecule has 0 amide bonds. The lowest BCUT2D eigenvalue weighted by atomic mass is 9.85. The molecule has 1 fully saturated rings. The van der Waals surface area contributed by atoms with Gasteiger partial charge in [-0.15, -0.1) is 0 Å². The molecule has 0 N–H and O–H groups in total. The van der Waals surface area contributed by atoms with E-state index in [0.717, 1.165) is 68.1 Å². The Labute approximate surface area is 243 Å². The third-order valence-electron chi connectivity index (χ3n) is 7.74. The number of halogens is 4. The molecule has 1 saturated carbocycles. The first-order valence-corrected chi connectivity index (χ1v) is 15.5. The quantitative estimate of drug-likeness (QED) is 0.224. The number of ketones is 1. The lowest BCUT2D eigenvalue weighted by molar-refractivity contribution is -0.257. The van der Waals surface area contributed by atoms with Crippen molar-refractivity contribution in [3.63, 3.8) is 0 Å². The van der Waals surface area contributed by atoms with E-state index in [2.05, 4.69) is 4.74 Å². The number of alkyl halides is 3. The molecule has 1 aliphatic carbocycles. The van der Waals surface area contributed by atoms with Gasteiger partial charge in [-0.2, -0.15) is 13.2 Å². The van der Waals surface area contributed by atoms with Crippen LogP contribution in [-0.4, -0.2) is 44.6 Å². The molecule has 230 valence electrons. The molecule has 0 spiro atoms. The minimum atomic E-state index is -4.78. The Bertz CT molecular complexity index is 1390. The summed E-state index contributed by atoms with van der Waals surface area (Å²) in [6.45, 7) is 1.32. The maximum atomic E-state index is 13.7. The number of benzene rings is 2. The van der Waals surface area contributed by atoms with Crippen LogP contribution in [0.3, 0.4) is 0 Å². The predicted octanol–water partition coefficient (Wildman–Crippen LogP) is 6.53. The van der Waals surface area contributed by atoms with Gasteiger partial charge in [0.2, 0.25) is 5.60 Å². The highest BCUT2D eigenvalue weighted by molar-refractivity contribution is 7.92. The monoisotopic (exact) mass is 613 g/mol. The fraction of sp³-hybridized carbons (Fsp3) is 0.533. The van der Waals surface area contributed by atoms with E-state index in [-0.39, 0.29) is 47.1 Å². The van der Waals surface area contributed by atoms with Crippen molar-refractivity contribution in [1.29, 1.82) is 0 Å². The summed E-state index contributed by atoms with van der Waals surface area (Å²) in [5.41, 5.74) is -2.42. The summed E-state index contributed by atoms with van der Waals surface area (Å²) in [4.78, 5) is 24.9. The van der Waals surface area contributed by atoms with Gasteiger partial charge in [-0.3, -0.25) is 13.9 Å². The number of rotatable bonds is 10. The van der Waals surface area contributed by atoms with Crippen LogP contribution in [0.2, 0.25) is 0 Å². The minimum absolute atomic E-state index is 0.0736. The van der Waals surface area contributed by atoms with Crippen molar-refractivity contribution in [2.24, 2.45) is 5.92 Å². The van der Waals surface area contributed by atoms with Crippen LogP contribution >= 0.6 is 0 Å². The second-order valence-electron chi connectivity index (χ2n) is 11.5. The van der Waals surface area contributed by atoms with Crippen molar-refractivity contribution in [3.8, 4) is 5.75 Å². The fourth-order valence-electron chi connectivity index (χ4n) is 5.26. The third kappa shape index (κ3) is 7.62. The van der Waals surface area contributed by atoms with Crippen LogP contribution in [-0.2, 0) is 30.8 Å². The summed E-state index contributed by atoms with van der Waals surface area (Å²) in [5.74, 6) is -1.12. The van der Waals surface area contributed by atoms with Gasteiger partial charge in [-0.25, -0.2) is 12.8 Å². The Morgan fingerprint density at radius 3 is 2.33 bits per heavy atom. The van der Waals surface area contributed by atoms with E-state index in [1.54, 1.807) is 0 Å². The number of Topliss-reactive ketones (excluding diaryl/α,β-unsaturated/α-hetero) is 1. The van der Waals surface area contributed by atoms with Crippen LogP contribution in [0.4, 0.5) is 23.2 Å². The molecule has 0 saturated heterocycles. The maximum absolute atomic E-state index is 13.7. The summed E-state index contributed by atoms with van der Waals surface area (Å²) in [7, 11) is -4.24. The molecule has 0 radical (unpaired) electrons. The number of sulfonamides is 1. The lowest BCUT2D eigenvalue weighted by Crippen LogP contribution is -2.44. The first-order chi connectivity index (χ1) is 19.7. The van der Waals surface area contributed by atoms with E-state index in [0.29, 0.717) is 12.3 Å². The Morgan fingerprint density at radius 2 is 1.69 bits per heavy atom. The Kier molecular flexibility index (Phi) is 9.54. The fourth-order valence-corrected chi connectivity index (χ4v) is 6.76. The summed E-state index contributed by atoms with van der Waals surface area (Å²) < 4.78 is 92.3. The minimum Gasteiger partial charge on any atom is -0.486 e. The van der Waals surface area contributed by atoms with Gasteiger partial charge >= 0.3 is 12.1 Å². The average Bonchev–Trinajstić information content (AvgIpc) is 2.91. The van der Waals surface area contributed by atoms with Gasteiger partial charge in [0.15, 0.2) is 0 Å². The van der Waals surface area contributed by atoms with Crippen LogP contribution in [0.15, 0.2) is 47.4 Å². The zero-order valence-corrected chi connectivity index (χ0v) is 24.4. The average molecular weight is 614 g/mol. The summed E-state index contributed by atoms with van der Waals surface area (Å²) >= 11 is 0. The van der Waals surface area contributed by atoms with Gasteiger partial charge in [0.25, 0.3) is 10.0 Å². The van der Waals surface area contributed by atoms with E-state index >= 15 is 0 Å². The Morgan fingerprint density at radius 1 is 1.02 bits per heavy atom. The third-order valence-corrected chi connectivity index (χ3v) is 9.54. The lowest BCUT2D eigenvalue weighted by Gasteiger charge is -2.36. The topological polar surface area (TPSA) is 90.0 Å². The molecule has 1 heterocycles. The van der Waals surface area contributed by atoms with E-state index < -0.39 is 46.1 Å². The van der Waals surface area contributed by atoms with E-state index in [1.807, 2.05) is 0 Å². The number of anilines is 1. The molecule has 2 aromatic carbocycles. The normalized spacial score (nSPS) is 18.2. The number of carbonyl (C=O) groups excluding carboxylic acids is 2. The number of nitrogens with zero attached hydrogens (tertiary/aromatic N) is 1. The zero-order chi connectivity index (χ0) is 30.7. The van der Waals surface area contributed by atoms with Crippen LogP contribution in [0, 0.1) is 11.7 Å². The molecular formula is C30H35F4NO6S. The van der Waals surface area contributed by atoms with Crippen LogP contribution in [0.1, 0.15) is 70.8 Å². The maximum Gasteiger partial charge on any atom is 0.427 e.